The van der Waals surface area contributed by atoms with Gasteiger partial charge in [-0.1, -0.05) is 25.3 Å². The van der Waals surface area contributed by atoms with Gasteiger partial charge in [-0.25, -0.2) is 8.42 Å². The number of nitrogens with zero attached hydrogens (tertiary/aromatic N) is 2. The lowest BCUT2D eigenvalue weighted by molar-refractivity contribution is -0.127. The molecule has 0 aromatic heterocycles. The predicted octanol–water partition coefficient (Wildman–Crippen LogP) is 3.74. The molecule has 3 fully saturated rings. The van der Waals surface area contributed by atoms with Gasteiger partial charge in [0.2, 0.25) is 15.9 Å². The van der Waals surface area contributed by atoms with Crippen molar-refractivity contribution in [2.45, 2.75) is 88.0 Å². The van der Waals surface area contributed by atoms with E-state index in [1.54, 1.807) is 10.4 Å². The number of sulfonamides is 1. The van der Waals surface area contributed by atoms with Gasteiger partial charge in [-0.15, -0.1) is 0 Å². The standard InChI is InChI=1S/C27H41N3O3S/c31-27(28-25-13-15-29(16-14-25)20-21-5-2-1-3-6-21)23-11-17-30(18-12-23)34(32,33)26-10-9-22-7-4-8-24(22)19-26/h9-10,19,21,23,25H,1-8,11-18,20H2,(H,28,31). The maximum atomic E-state index is 13.2. The third-order valence-corrected chi connectivity index (χ3v) is 10.6. The minimum Gasteiger partial charge on any atom is -0.353 e. The molecule has 6 nitrogen and oxygen atoms in total. The summed E-state index contributed by atoms with van der Waals surface area (Å²) in [5.41, 5.74) is 2.47. The number of rotatable bonds is 6. The van der Waals surface area contributed by atoms with Crippen LogP contribution in [0.2, 0.25) is 0 Å². The van der Waals surface area contributed by atoms with Crippen molar-refractivity contribution in [2.75, 3.05) is 32.7 Å². The van der Waals surface area contributed by atoms with Crippen molar-refractivity contribution >= 4 is 15.9 Å². The lowest BCUT2D eigenvalue weighted by Crippen LogP contribution is -2.49. The Bertz CT molecular complexity index is 957. The number of hydrogen-bond acceptors (Lipinski definition) is 4. The number of likely N-dealkylation sites (tertiary alicyclic amines) is 1. The first-order valence-electron chi connectivity index (χ1n) is 13.6. The first-order chi connectivity index (χ1) is 16.5. The van der Waals surface area contributed by atoms with Crippen LogP contribution < -0.4 is 5.32 Å². The summed E-state index contributed by atoms with van der Waals surface area (Å²) in [4.78, 5) is 15.9. The van der Waals surface area contributed by atoms with Crippen molar-refractivity contribution in [1.82, 2.24) is 14.5 Å². The number of carbonyl (C=O) groups excluding carboxylic acids is 1. The molecule has 0 atom stereocenters. The third kappa shape index (κ3) is 5.52. The number of fused-ring (bicyclic) bond motifs is 1. The number of piperidine rings is 2. The first kappa shape index (κ1) is 24.3. The van der Waals surface area contributed by atoms with E-state index in [2.05, 4.69) is 10.2 Å². The minimum atomic E-state index is -3.48. The summed E-state index contributed by atoms with van der Waals surface area (Å²) in [6.07, 6.45) is 13.4. The fourth-order valence-electron chi connectivity index (χ4n) is 6.53. The minimum absolute atomic E-state index is 0.0771. The topological polar surface area (TPSA) is 69.7 Å². The quantitative estimate of drug-likeness (QED) is 0.664. The zero-order valence-electron chi connectivity index (χ0n) is 20.5. The normalized spacial score (nSPS) is 24.2. The molecule has 1 N–H and O–H groups in total. The number of amides is 1. The molecule has 1 aromatic rings. The van der Waals surface area contributed by atoms with E-state index in [0.29, 0.717) is 30.8 Å². The van der Waals surface area contributed by atoms with E-state index in [0.717, 1.165) is 51.1 Å². The van der Waals surface area contributed by atoms with Crippen LogP contribution in [0.3, 0.4) is 0 Å². The molecule has 2 saturated heterocycles. The van der Waals surface area contributed by atoms with Crippen molar-refractivity contribution in [3.05, 3.63) is 29.3 Å². The van der Waals surface area contributed by atoms with Gasteiger partial charge in [-0.3, -0.25) is 4.79 Å². The molecule has 5 rings (SSSR count). The zero-order chi connectivity index (χ0) is 23.5. The monoisotopic (exact) mass is 487 g/mol. The molecule has 1 saturated carbocycles. The second-order valence-corrected chi connectivity index (χ2v) is 13.0. The van der Waals surface area contributed by atoms with Crippen LogP contribution in [-0.2, 0) is 27.7 Å². The van der Waals surface area contributed by atoms with E-state index in [-0.39, 0.29) is 17.9 Å². The summed E-state index contributed by atoms with van der Waals surface area (Å²) in [5, 5.41) is 3.29. The Hall–Kier alpha value is -1.44. The van der Waals surface area contributed by atoms with Crippen LogP contribution in [0.4, 0.5) is 0 Å². The molecular formula is C27H41N3O3S. The number of carbonyl (C=O) groups is 1. The van der Waals surface area contributed by atoms with Crippen LogP contribution in [-0.4, -0.2) is 62.3 Å². The fraction of sp³-hybridized carbons (Fsp3) is 0.741. The van der Waals surface area contributed by atoms with Crippen LogP contribution in [0, 0.1) is 11.8 Å². The number of aryl methyl sites for hydroxylation is 2. The second-order valence-electron chi connectivity index (χ2n) is 11.0. The third-order valence-electron chi connectivity index (χ3n) is 8.71. The molecule has 0 radical (unpaired) electrons. The highest BCUT2D eigenvalue weighted by Crippen LogP contribution is 2.29. The molecular weight excluding hydrogens is 446 g/mol. The smallest absolute Gasteiger partial charge is 0.243 e. The number of hydrogen-bond donors (Lipinski definition) is 1. The molecule has 188 valence electrons. The molecule has 1 amide bonds. The highest BCUT2D eigenvalue weighted by molar-refractivity contribution is 7.89. The largest absolute Gasteiger partial charge is 0.353 e. The molecule has 1 aromatic carbocycles. The van der Waals surface area contributed by atoms with Crippen LogP contribution in [0.15, 0.2) is 23.1 Å². The van der Waals surface area contributed by atoms with E-state index in [1.165, 1.54) is 49.8 Å². The van der Waals surface area contributed by atoms with Crippen LogP contribution in [0.5, 0.6) is 0 Å². The van der Waals surface area contributed by atoms with Gasteiger partial charge in [0, 0.05) is 44.7 Å². The Labute approximate surface area is 205 Å². The molecule has 34 heavy (non-hydrogen) atoms. The molecule has 0 unspecified atom stereocenters. The Kier molecular flexibility index (Phi) is 7.61. The summed E-state index contributed by atoms with van der Waals surface area (Å²) in [6, 6.07) is 5.88. The second kappa shape index (κ2) is 10.7. The predicted molar refractivity (Wildman–Crippen MR) is 134 cm³/mol. The van der Waals surface area contributed by atoms with E-state index >= 15 is 0 Å². The summed E-state index contributed by atoms with van der Waals surface area (Å²) in [7, 11) is -3.48. The summed E-state index contributed by atoms with van der Waals surface area (Å²) in [5.74, 6) is 0.921. The van der Waals surface area contributed by atoms with Gasteiger partial charge in [-0.05, 0) is 87.0 Å². The molecule has 0 spiro atoms. The highest BCUT2D eigenvalue weighted by Gasteiger charge is 2.33. The number of nitrogens with one attached hydrogen (secondary N) is 1. The van der Waals surface area contributed by atoms with Gasteiger partial charge in [0.15, 0.2) is 0 Å². The lowest BCUT2D eigenvalue weighted by atomic mass is 9.88. The van der Waals surface area contributed by atoms with Crippen molar-refractivity contribution in [1.29, 1.82) is 0 Å². The van der Waals surface area contributed by atoms with Crippen molar-refractivity contribution in [3.8, 4) is 0 Å². The van der Waals surface area contributed by atoms with Crippen LogP contribution >= 0.6 is 0 Å². The van der Waals surface area contributed by atoms with E-state index < -0.39 is 10.0 Å². The molecule has 0 bridgehead atoms. The zero-order valence-corrected chi connectivity index (χ0v) is 21.3. The Morgan fingerprint density at radius 2 is 1.56 bits per heavy atom. The van der Waals surface area contributed by atoms with Crippen molar-refractivity contribution in [2.24, 2.45) is 11.8 Å². The van der Waals surface area contributed by atoms with Gasteiger partial charge < -0.3 is 10.2 Å². The molecule has 4 aliphatic rings. The fourth-order valence-corrected chi connectivity index (χ4v) is 8.05. The van der Waals surface area contributed by atoms with Crippen LogP contribution in [0.25, 0.3) is 0 Å². The van der Waals surface area contributed by atoms with E-state index in [4.69, 9.17) is 0 Å². The van der Waals surface area contributed by atoms with Crippen molar-refractivity contribution < 1.29 is 13.2 Å². The average molecular weight is 488 g/mol. The van der Waals surface area contributed by atoms with Gasteiger partial charge in [-0.2, -0.15) is 4.31 Å². The van der Waals surface area contributed by atoms with Gasteiger partial charge >= 0.3 is 0 Å². The van der Waals surface area contributed by atoms with E-state index in [1.807, 2.05) is 12.1 Å². The maximum absolute atomic E-state index is 13.2. The van der Waals surface area contributed by atoms with Crippen LogP contribution in [0.1, 0.15) is 75.3 Å². The highest BCUT2D eigenvalue weighted by atomic mass is 32.2. The van der Waals surface area contributed by atoms with Gasteiger partial charge in [0.25, 0.3) is 0 Å². The van der Waals surface area contributed by atoms with E-state index in [9.17, 15) is 13.2 Å². The SMILES string of the molecule is O=C(NC1CCN(CC2CCCCC2)CC1)C1CCN(S(=O)(=O)c2ccc3c(c2)CCC3)CC1. The Morgan fingerprint density at radius 3 is 2.29 bits per heavy atom. The van der Waals surface area contributed by atoms with Gasteiger partial charge in [0.1, 0.15) is 0 Å². The molecule has 2 heterocycles. The number of benzene rings is 1. The van der Waals surface area contributed by atoms with Gasteiger partial charge in [0.05, 0.1) is 4.90 Å². The average Bonchev–Trinajstić information content (AvgIpc) is 3.34. The summed E-state index contributed by atoms with van der Waals surface area (Å²) >= 11 is 0. The maximum Gasteiger partial charge on any atom is 0.243 e. The lowest BCUT2D eigenvalue weighted by Gasteiger charge is -2.36. The first-order valence-corrected chi connectivity index (χ1v) is 15.1. The summed E-state index contributed by atoms with van der Waals surface area (Å²) in [6.45, 7) is 4.25. The van der Waals surface area contributed by atoms with Crippen molar-refractivity contribution in [3.63, 3.8) is 0 Å². The summed E-state index contributed by atoms with van der Waals surface area (Å²) < 4.78 is 27.9. The Balaban J connectivity index is 1.07. The molecule has 7 heteroatoms. The molecule has 2 aliphatic carbocycles. The molecule has 2 aliphatic heterocycles. The Morgan fingerprint density at radius 1 is 0.853 bits per heavy atom.